The van der Waals surface area contributed by atoms with Crippen LogP contribution in [0.2, 0.25) is 0 Å². The molecule has 0 aliphatic carbocycles. The van der Waals surface area contributed by atoms with E-state index in [-0.39, 0.29) is 0 Å². The highest BCUT2D eigenvalue weighted by molar-refractivity contribution is 9.10. The average Bonchev–Trinajstić information content (AvgIpc) is 2.93. The number of nitrogens with zero attached hydrogens (tertiary/aromatic N) is 1. The maximum Gasteiger partial charge on any atom is 0.0597 e. The van der Waals surface area contributed by atoms with Crippen LogP contribution in [0.1, 0.15) is 5.56 Å². The lowest BCUT2D eigenvalue weighted by Gasteiger charge is -2.19. The third-order valence-electron chi connectivity index (χ3n) is 3.58. The van der Waals surface area contributed by atoms with Gasteiger partial charge in [-0.05, 0) is 35.2 Å². The van der Waals surface area contributed by atoms with Crippen LogP contribution in [0.4, 0.5) is 11.4 Å². The van der Waals surface area contributed by atoms with Gasteiger partial charge in [0.25, 0.3) is 0 Å². The van der Waals surface area contributed by atoms with Crippen molar-refractivity contribution in [2.45, 2.75) is 6.54 Å². The van der Waals surface area contributed by atoms with Crippen LogP contribution in [0, 0.1) is 0 Å². The van der Waals surface area contributed by atoms with Crippen molar-refractivity contribution in [2.75, 3.05) is 24.3 Å². The molecule has 4 heteroatoms. The molecule has 3 rings (SSSR count). The Hall–Kier alpha value is -1.94. The van der Waals surface area contributed by atoms with Crippen molar-refractivity contribution >= 4 is 38.2 Å². The quantitative estimate of drug-likeness (QED) is 0.724. The zero-order chi connectivity index (χ0) is 14.8. The maximum absolute atomic E-state index is 3.54. The number of nitrogens with one attached hydrogen (secondary N) is 2. The van der Waals surface area contributed by atoms with Gasteiger partial charge in [-0.1, -0.05) is 34.1 Å². The van der Waals surface area contributed by atoms with Crippen molar-refractivity contribution in [3.63, 3.8) is 0 Å². The number of aromatic nitrogens is 1. The van der Waals surface area contributed by atoms with Crippen molar-refractivity contribution in [1.29, 1.82) is 0 Å². The molecule has 21 heavy (non-hydrogen) atoms. The molecule has 0 bridgehead atoms. The Labute approximate surface area is 133 Å². The fourth-order valence-corrected chi connectivity index (χ4v) is 2.89. The minimum Gasteiger partial charge on any atom is -0.379 e. The topological polar surface area (TPSA) is 31.1 Å². The summed E-state index contributed by atoms with van der Waals surface area (Å²) in [5, 5.41) is 4.79. The fourth-order valence-electron chi connectivity index (χ4n) is 2.53. The van der Waals surface area contributed by atoms with E-state index >= 15 is 0 Å². The molecule has 1 aromatic heterocycles. The van der Waals surface area contributed by atoms with Gasteiger partial charge in [0.1, 0.15) is 0 Å². The lowest BCUT2D eigenvalue weighted by atomic mass is 10.1. The van der Waals surface area contributed by atoms with Crippen LogP contribution in [0.5, 0.6) is 0 Å². The van der Waals surface area contributed by atoms with Gasteiger partial charge in [-0.2, -0.15) is 0 Å². The summed E-state index contributed by atoms with van der Waals surface area (Å²) in [5.41, 5.74) is 4.77. The summed E-state index contributed by atoms with van der Waals surface area (Å²) >= 11 is 3.54. The zero-order valence-electron chi connectivity index (χ0n) is 12.2. The molecule has 0 spiro atoms. The Balaban J connectivity index is 1.88. The van der Waals surface area contributed by atoms with E-state index in [1.165, 1.54) is 22.2 Å². The smallest absolute Gasteiger partial charge is 0.0597 e. The average molecular weight is 344 g/mol. The molecule has 2 aromatic carbocycles. The molecule has 1 heterocycles. The summed E-state index contributed by atoms with van der Waals surface area (Å²) in [6.45, 7) is 0.787. The number of H-pyrrole nitrogens is 1. The second-order valence-corrected chi connectivity index (χ2v) is 6.18. The molecular weight excluding hydrogens is 326 g/mol. The van der Waals surface area contributed by atoms with Crippen LogP contribution in [-0.4, -0.2) is 19.1 Å². The second kappa shape index (κ2) is 5.82. The van der Waals surface area contributed by atoms with E-state index in [4.69, 9.17) is 0 Å². The summed E-state index contributed by atoms with van der Waals surface area (Å²) in [7, 11) is 4.11. The van der Waals surface area contributed by atoms with Gasteiger partial charge in [0.05, 0.1) is 16.9 Å². The molecule has 3 nitrogen and oxygen atoms in total. The molecule has 0 aliphatic rings. The first-order chi connectivity index (χ1) is 10.1. The van der Waals surface area contributed by atoms with Gasteiger partial charge in [-0.15, -0.1) is 0 Å². The third kappa shape index (κ3) is 2.90. The van der Waals surface area contributed by atoms with Crippen molar-refractivity contribution in [3.05, 3.63) is 58.7 Å². The van der Waals surface area contributed by atoms with Gasteiger partial charge in [-0.25, -0.2) is 0 Å². The Bertz CT molecular complexity index is 762. The summed E-state index contributed by atoms with van der Waals surface area (Å²) < 4.78 is 1.08. The van der Waals surface area contributed by atoms with Crippen LogP contribution in [0.25, 0.3) is 10.9 Å². The molecule has 108 valence electrons. The third-order valence-corrected chi connectivity index (χ3v) is 4.08. The van der Waals surface area contributed by atoms with Crippen LogP contribution in [0.3, 0.4) is 0 Å². The summed E-state index contributed by atoms with van der Waals surface area (Å²) in [6, 6.07) is 14.8. The normalized spacial score (nSPS) is 10.8. The molecule has 2 N–H and O–H groups in total. The lowest BCUT2D eigenvalue weighted by molar-refractivity contribution is 1.10. The standard InChI is InChI=1S/C17H18BrN3/c1-21(2)16-7-6-14(18)10-15(16)20-11-13-5-3-4-12-8-9-19-17(12)13/h3-10,19-20H,11H2,1-2H3. The van der Waals surface area contributed by atoms with Crippen LogP contribution in [-0.2, 0) is 6.54 Å². The second-order valence-electron chi connectivity index (χ2n) is 5.27. The van der Waals surface area contributed by atoms with E-state index in [2.05, 4.69) is 87.7 Å². The monoisotopic (exact) mass is 343 g/mol. The molecule has 0 radical (unpaired) electrons. The molecule has 0 fully saturated rings. The van der Waals surface area contributed by atoms with Crippen LogP contribution in [0.15, 0.2) is 53.1 Å². The van der Waals surface area contributed by atoms with Gasteiger partial charge in [0, 0.05) is 31.3 Å². The number of hydrogen-bond donors (Lipinski definition) is 2. The first kappa shape index (κ1) is 14.0. The summed E-state index contributed by atoms with van der Waals surface area (Å²) in [4.78, 5) is 5.43. The number of aromatic amines is 1. The van der Waals surface area contributed by atoms with E-state index in [0.717, 1.165) is 16.7 Å². The van der Waals surface area contributed by atoms with Gasteiger partial charge in [0.2, 0.25) is 0 Å². The predicted octanol–water partition coefficient (Wildman–Crippen LogP) is 4.61. The first-order valence-corrected chi connectivity index (χ1v) is 7.70. The van der Waals surface area contributed by atoms with Crippen LogP contribution < -0.4 is 10.2 Å². The minimum atomic E-state index is 0.787. The maximum atomic E-state index is 3.54. The van der Waals surface area contributed by atoms with Crippen molar-refractivity contribution in [2.24, 2.45) is 0 Å². The molecule has 0 amide bonds. The lowest BCUT2D eigenvalue weighted by Crippen LogP contribution is -2.12. The number of benzene rings is 2. The predicted molar refractivity (Wildman–Crippen MR) is 94.1 cm³/mol. The van der Waals surface area contributed by atoms with Gasteiger partial charge in [-0.3, -0.25) is 0 Å². The zero-order valence-corrected chi connectivity index (χ0v) is 13.7. The summed E-state index contributed by atoms with van der Waals surface area (Å²) in [5.74, 6) is 0. The molecule has 0 aliphatic heterocycles. The van der Waals surface area contributed by atoms with Gasteiger partial charge in [0.15, 0.2) is 0 Å². The van der Waals surface area contributed by atoms with Crippen molar-refractivity contribution in [3.8, 4) is 0 Å². The molecule has 0 atom stereocenters. The molecule has 0 unspecified atom stereocenters. The van der Waals surface area contributed by atoms with Crippen LogP contribution >= 0.6 is 15.9 Å². The first-order valence-electron chi connectivity index (χ1n) is 6.91. The highest BCUT2D eigenvalue weighted by Crippen LogP contribution is 2.29. The van der Waals surface area contributed by atoms with E-state index in [0.29, 0.717) is 0 Å². The van der Waals surface area contributed by atoms with E-state index in [9.17, 15) is 0 Å². The van der Waals surface area contributed by atoms with E-state index in [1.807, 2.05) is 6.20 Å². The highest BCUT2D eigenvalue weighted by atomic mass is 79.9. The Morgan fingerprint density at radius 1 is 1.14 bits per heavy atom. The van der Waals surface area contributed by atoms with Crippen molar-refractivity contribution < 1.29 is 0 Å². The largest absolute Gasteiger partial charge is 0.379 e. The number of fused-ring (bicyclic) bond motifs is 1. The number of hydrogen-bond acceptors (Lipinski definition) is 2. The van der Waals surface area contributed by atoms with Crippen molar-refractivity contribution in [1.82, 2.24) is 4.98 Å². The number of para-hydroxylation sites is 1. The van der Waals surface area contributed by atoms with Gasteiger partial charge < -0.3 is 15.2 Å². The SMILES string of the molecule is CN(C)c1ccc(Br)cc1NCc1cccc2cc[nH]c12. The number of rotatable bonds is 4. The number of anilines is 2. The molecule has 0 saturated carbocycles. The van der Waals surface area contributed by atoms with Gasteiger partial charge >= 0.3 is 0 Å². The molecule has 0 saturated heterocycles. The highest BCUT2D eigenvalue weighted by Gasteiger charge is 2.07. The fraction of sp³-hybridized carbons (Fsp3) is 0.176. The van der Waals surface area contributed by atoms with E-state index in [1.54, 1.807) is 0 Å². The van der Waals surface area contributed by atoms with E-state index < -0.39 is 0 Å². The Kier molecular flexibility index (Phi) is 3.88. The molecular formula is C17H18BrN3. The number of halogens is 1. The summed E-state index contributed by atoms with van der Waals surface area (Å²) in [6.07, 6.45) is 1.98. The molecule has 3 aromatic rings. The Morgan fingerprint density at radius 2 is 2.00 bits per heavy atom. The minimum absolute atomic E-state index is 0.787. The Morgan fingerprint density at radius 3 is 2.81 bits per heavy atom.